The van der Waals surface area contributed by atoms with Crippen molar-refractivity contribution in [2.45, 2.75) is 13.3 Å². The minimum absolute atomic E-state index is 0.473. The molecule has 0 fully saturated rings. The Morgan fingerprint density at radius 2 is 1.83 bits per heavy atom. The van der Waals surface area contributed by atoms with Gasteiger partial charge in [-0.3, -0.25) is 0 Å². The smallest absolute Gasteiger partial charge is 0.163 e. The Hall–Kier alpha value is -1.16. The van der Waals surface area contributed by atoms with Gasteiger partial charge in [-0.15, -0.1) is 4.36 Å². The van der Waals surface area contributed by atoms with Crippen molar-refractivity contribution >= 4 is 16.2 Å². The van der Waals surface area contributed by atoms with Crippen LogP contribution in [0.2, 0.25) is 0 Å². The molecule has 0 heterocycles. The van der Waals surface area contributed by atoms with Crippen LogP contribution in [0, 0.1) is 0 Å². The van der Waals surface area contributed by atoms with Gasteiger partial charge >= 0.3 is 10.5 Å². The van der Waals surface area contributed by atoms with E-state index in [-0.39, 0.29) is 0 Å². The molecule has 0 saturated heterocycles. The lowest BCUT2D eigenvalue weighted by Gasteiger charge is -1.93. The van der Waals surface area contributed by atoms with Gasteiger partial charge in [-0.05, 0) is 24.1 Å². The van der Waals surface area contributed by atoms with E-state index in [1.165, 1.54) is 5.56 Å². The Bertz CT molecular complexity index is 370. The maximum atomic E-state index is 10.2. The zero-order valence-electron chi connectivity index (χ0n) is 6.69. The van der Waals surface area contributed by atoms with E-state index in [4.69, 9.17) is 0 Å². The van der Waals surface area contributed by atoms with Crippen LogP contribution in [-0.2, 0) is 16.9 Å². The summed E-state index contributed by atoms with van der Waals surface area (Å²) in [6.07, 6.45) is 0.945. The Morgan fingerprint density at radius 3 is 2.25 bits per heavy atom. The highest BCUT2D eigenvalue weighted by molar-refractivity contribution is 7.61. The Labute approximate surface area is 72.8 Å². The molecule has 0 spiro atoms. The summed E-state index contributed by atoms with van der Waals surface area (Å²) in [5, 5.41) is 0. The van der Waals surface area contributed by atoms with Crippen molar-refractivity contribution < 1.29 is 8.42 Å². The average molecular weight is 183 g/mol. The van der Waals surface area contributed by atoms with Gasteiger partial charge in [-0.2, -0.15) is 8.42 Å². The molecule has 1 rings (SSSR count). The lowest BCUT2D eigenvalue weighted by Crippen LogP contribution is -1.76. The van der Waals surface area contributed by atoms with E-state index in [9.17, 15) is 8.42 Å². The van der Waals surface area contributed by atoms with Crippen LogP contribution in [0.4, 0.5) is 5.69 Å². The lowest BCUT2D eigenvalue weighted by molar-refractivity contribution is 0.622. The molecule has 0 saturated carbocycles. The molecule has 4 heteroatoms. The lowest BCUT2D eigenvalue weighted by atomic mass is 10.2. The van der Waals surface area contributed by atoms with Crippen LogP contribution in [0.25, 0.3) is 0 Å². The SMILES string of the molecule is CCc1ccc(N=S(=O)=O)cc1. The summed E-state index contributed by atoms with van der Waals surface area (Å²) in [6, 6.07) is 7.11. The molecule has 0 aromatic heterocycles. The van der Waals surface area contributed by atoms with E-state index in [0.29, 0.717) is 5.69 Å². The highest BCUT2D eigenvalue weighted by Crippen LogP contribution is 2.12. The first kappa shape index (κ1) is 8.93. The number of benzene rings is 1. The van der Waals surface area contributed by atoms with Crippen molar-refractivity contribution in [3.63, 3.8) is 0 Å². The third-order valence-corrected chi connectivity index (χ3v) is 1.88. The molecule has 0 N–H and O–H groups in total. The molecule has 12 heavy (non-hydrogen) atoms. The van der Waals surface area contributed by atoms with Gasteiger partial charge < -0.3 is 0 Å². The van der Waals surface area contributed by atoms with Crippen LogP contribution in [0.5, 0.6) is 0 Å². The molecule has 3 nitrogen and oxygen atoms in total. The number of hydrogen-bond acceptors (Lipinski definition) is 3. The summed E-state index contributed by atoms with van der Waals surface area (Å²) in [5.74, 6) is 0. The molecule has 0 amide bonds. The number of hydrogen-bond donors (Lipinski definition) is 0. The third kappa shape index (κ3) is 2.47. The Balaban J connectivity index is 3.00. The Kier molecular flexibility index (Phi) is 2.99. The maximum absolute atomic E-state index is 10.2. The van der Waals surface area contributed by atoms with Crippen molar-refractivity contribution in [1.29, 1.82) is 0 Å². The van der Waals surface area contributed by atoms with Gasteiger partial charge in [0.25, 0.3) is 0 Å². The van der Waals surface area contributed by atoms with Gasteiger partial charge in [-0.1, -0.05) is 19.1 Å². The second kappa shape index (κ2) is 4.01. The van der Waals surface area contributed by atoms with Crippen LogP contribution in [0.1, 0.15) is 12.5 Å². The minimum atomic E-state index is -2.35. The summed E-state index contributed by atoms with van der Waals surface area (Å²) in [7, 11) is -2.35. The quantitative estimate of drug-likeness (QED) is 0.703. The normalized spacial score (nSPS) is 9.42. The van der Waals surface area contributed by atoms with E-state index in [1.807, 2.05) is 19.1 Å². The van der Waals surface area contributed by atoms with Gasteiger partial charge in [0.05, 0.1) is 5.69 Å². The van der Waals surface area contributed by atoms with E-state index >= 15 is 0 Å². The zero-order valence-corrected chi connectivity index (χ0v) is 7.50. The number of aryl methyl sites for hydroxylation is 1. The van der Waals surface area contributed by atoms with Crippen molar-refractivity contribution in [2.75, 3.05) is 0 Å². The molecule has 64 valence electrons. The van der Waals surface area contributed by atoms with Gasteiger partial charge in [0.2, 0.25) is 0 Å². The van der Waals surface area contributed by atoms with E-state index in [1.54, 1.807) is 12.1 Å². The second-order valence-corrected chi connectivity index (χ2v) is 2.95. The first-order valence-electron chi connectivity index (χ1n) is 3.62. The number of nitrogens with zero attached hydrogens (tertiary/aromatic N) is 1. The largest absolute Gasteiger partial charge is 0.316 e. The monoisotopic (exact) mass is 183 g/mol. The fourth-order valence-corrected chi connectivity index (χ4v) is 1.17. The molecular weight excluding hydrogens is 174 g/mol. The molecule has 0 radical (unpaired) electrons. The minimum Gasteiger partial charge on any atom is -0.163 e. The van der Waals surface area contributed by atoms with Crippen molar-refractivity contribution in [3.05, 3.63) is 29.8 Å². The van der Waals surface area contributed by atoms with Crippen LogP contribution in [0.15, 0.2) is 28.6 Å². The number of rotatable bonds is 2. The summed E-state index contributed by atoms with van der Waals surface area (Å²) in [6.45, 7) is 2.04. The molecule has 0 aliphatic heterocycles. The molecule has 0 aliphatic carbocycles. The van der Waals surface area contributed by atoms with Crippen LogP contribution < -0.4 is 0 Å². The first-order valence-corrected chi connectivity index (χ1v) is 4.65. The van der Waals surface area contributed by atoms with Gasteiger partial charge in [0.1, 0.15) is 0 Å². The highest BCUT2D eigenvalue weighted by atomic mass is 32.2. The predicted octanol–water partition coefficient (Wildman–Crippen LogP) is 1.94. The summed E-state index contributed by atoms with van der Waals surface area (Å²) < 4.78 is 23.7. The van der Waals surface area contributed by atoms with E-state index < -0.39 is 10.5 Å². The topological polar surface area (TPSA) is 46.5 Å². The van der Waals surface area contributed by atoms with Crippen molar-refractivity contribution in [2.24, 2.45) is 4.36 Å². The molecule has 1 aromatic rings. The van der Waals surface area contributed by atoms with Gasteiger partial charge in [0, 0.05) is 0 Å². The van der Waals surface area contributed by atoms with Crippen LogP contribution >= 0.6 is 0 Å². The third-order valence-electron chi connectivity index (χ3n) is 1.52. The summed E-state index contributed by atoms with van der Waals surface area (Å²) in [5.41, 5.74) is 1.64. The van der Waals surface area contributed by atoms with Gasteiger partial charge in [0.15, 0.2) is 0 Å². The molecule has 1 aromatic carbocycles. The fraction of sp³-hybridized carbons (Fsp3) is 0.250. The zero-order chi connectivity index (χ0) is 8.97. The summed E-state index contributed by atoms with van der Waals surface area (Å²) >= 11 is 0. The first-order chi connectivity index (χ1) is 5.72. The molecule has 0 atom stereocenters. The average Bonchev–Trinajstić information content (AvgIpc) is 2.05. The standard InChI is InChI=1S/C8H9NO2S/c1-2-7-3-5-8(6-4-7)9-12(10)11/h3-6H,2H2,1H3. The molecule has 0 bridgehead atoms. The van der Waals surface area contributed by atoms with Crippen LogP contribution in [-0.4, -0.2) is 8.42 Å². The predicted molar refractivity (Wildman–Crippen MR) is 46.8 cm³/mol. The molecule has 0 aliphatic rings. The highest BCUT2D eigenvalue weighted by Gasteiger charge is 1.89. The van der Waals surface area contributed by atoms with Gasteiger partial charge in [-0.25, -0.2) is 0 Å². The molecule has 0 unspecified atom stereocenters. The second-order valence-electron chi connectivity index (χ2n) is 2.33. The maximum Gasteiger partial charge on any atom is 0.316 e. The van der Waals surface area contributed by atoms with Crippen molar-refractivity contribution in [3.8, 4) is 0 Å². The van der Waals surface area contributed by atoms with Crippen molar-refractivity contribution in [1.82, 2.24) is 0 Å². The Morgan fingerprint density at radius 1 is 1.25 bits per heavy atom. The summed E-state index contributed by atoms with van der Waals surface area (Å²) in [4.78, 5) is 0. The van der Waals surface area contributed by atoms with E-state index in [2.05, 4.69) is 4.36 Å². The fourth-order valence-electron chi connectivity index (χ4n) is 0.879. The van der Waals surface area contributed by atoms with Crippen LogP contribution in [0.3, 0.4) is 0 Å². The van der Waals surface area contributed by atoms with E-state index in [0.717, 1.165) is 6.42 Å². The molecular formula is C8H9NO2S.